The van der Waals surface area contributed by atoms with Crippen molar-refractivity contribution in [2.45, 2.75) is 36.6 Å². The molecule has 1 atom stereocenters. The highest BCUT2D eigenvalue weighted by molar-refractivity contribution is 7.98. The summed E-state index contributed by atoms with van der Waals surface area (Å²) >= 11 is 1.67. The molecule has 1 unspecified atom stereocenters. The van der Waals surface area contributed by atoms with Crippen LogP contribution in [0.15, 0.2) is 29.2 Å². The van der Waals surface area contributed by atoms with E-state index in [9.17, 15) is 9.59 Å². The number of benzene rings is 1. The number of piperidine rings is 1. The van der Waals surface area contributed by atoms with Crippen LogP contribution in [0.1, 0.15) is 36.0 Å². The Morgan fingerprint density at radius 3 is 2.59 bits per heavy atom. The molecule has 22 heavy (non-hydrogen) atoms. The second-order valence-corrected chi connectivity index (χ2v) is 6.85. The summed E-state index contributed by atoms with van der Waals surface area (Å²) in [7, 11) is 0. The number of likely N-dealkylation sites (tertiary alicyclic amines) is 2. The number of hydrogen-bond donors (Lipinski definition) is 0. The van der Waals surface area contributed by atoms with Crippen LogP contribution in [0.25, 0.3) is 0 Å². The minimum absolute atomic E-state index is 0.0870. The van der Waals surface area contributed by atoms with Crippen molar-refractivity contribution in [3.63, 3.8) is 0 Å². The Kier molecular flexibility index (Phi) is 4.71. The first kappa shape index (κ1) is 15.4. The second kappa shape index (κ2) is 6.73. The van der Waals surface area contributed by atoms with Gasteiger partial charge in [-0.2, -0.15) is 0 Å². The third kappa shape index (κ3) is 3.14. The van der Waals surface area contributed by atoms with E-state index >= 15 is 0 Å². The average Bonchev–Trinajstić information content (AvgIpc) is 3.00. The summed E-state index contributed by atoms with van der Waals surface area (Å²) in [4.78, 5) is 29.6. The molecule has 0 spiro atoms. The fraction of sp³-hybridized carbons (Fsp3) is 0.529. The Morgan fingerprint density at radius 1 is 1.18 bits per heavy atom. The molecule has 2 saturated heterocycles. The number of thioether (sulfide) groups is 1. The molecule has 2 aliphatic rings. The van der Waals surface area contributed by atoms with Gasteiger partial charge in [-0.15, -0.1) is 11.8 Å². The van der Waals surface area contributed by atoms with Crippen molar-refractivity contribution >= 4 is 23.6 Å². The van der Waals surface area contributed by atoms with Gasteiger partial charge < -0.3 is 9.80 Å². The van der Waals surface area contributed by atoms with Crippen LogP contribution in [-0.2, 0) is 4.79 Å². The van der Waals surface area contributed by atoms with Gasteiger partial charge in [0.2, 0.25) is 5.91 Å². The van der Waals surface area contributed by atoms with Gasteiger partial charge in [-0.25, -0.2) is 0 Å². The van der Waals surface area contributed by atoms with Gasteiger partial charge in [0.05, 0.1) is 0 Å². The van der Waals surface area contributed by atoms with Crippen molar-refractivity contribution in [1.82, 2.24) is 9.80 Å². The highest BCUT2D eigenvalue weighted by atomic mass is 32.2. The topological polar surface area (TPSA) is 40.6 Å². The number of amides is 2. The Morgan fingerprint density at radius 2 is 1.95 bits per heavy atom. The third-order valence-corrected chi connectivity index (χ3v) is 5.32. The van der Waals surface area contributed by atoms with Gasteiger partial charge in [0.15, 0.2) is 0 Å². The Labute approximate surface area is 135 Å². The molecule has 2 fully saturated rings. The maximum Gasteiger partial charge on any atom is 0.253 e. The largest absolute Gasteiger partial charge is 0.338 e. The summed E-state index contributed by atoms with van der Waals surface area (Å²) in [5.41, 5.74) is 0.742. The molecule has 5 heteroatoms. The number of nitrogens with zero attached hydrogens (tertiary/aromatic N) is 2. The highest BCUT2D eigenvalue weighted by Gasteiger charge is 2.32. The first-order valence-corrected chi connectivity index (χ1v) is 9.14. The molecule has 2 aliphatic heterocycles. The molecule has 0 bridgehead atoms. The SMILES string of the molecule is CSc1ccc(C(=O)N2CCCC(N3CCCC3=O)C2)cc1. The van der Waals surface area contributed by atoms with Gasteiger partial charge in [-0.3, -0.25) is 9.59 Å². The minimum Gasteiger partial charge on any atom is -0.338 e. The molecule has 2 amide bonds. The quantitative estimate of drug-likeness (QED) is 0.805. The van der Waals surface area contributed by atoms with Crippen LogP contribution in [0.4, 0.5) is 0 Å². The summed E-state index contributed by atoms with van der Waals surface area (Å²) < 4.78 is 0. The normalized spacial score (nSPS) is 22.2. The molecule has 3 rings (SSSR count). The van der Waals surface area contributed by atoms with Crippen LogP contribution in [0.5, 0.6) is 0 Å². The van der Waals surface area contributed by atoms with Crippen LogP contribution < -0.4 is 0 Å². The summed E-state index contributed by atoms with van der Waals surface area (Å²) in [5.74, 6) is 0.340. The molecule has 0 aromatic heterocycles. The first-order chi connectivity index (χ1) is 10.7. The lowest BCUT2D eigenvalue weighted by Gasteiger charge is -2.37. The van der Waals surface area contributed by atoms with Gasteiger partial charge in [0.1, 0.15) is 0 Å². The maximum atomic E-state index is 12.7. The Bertz CT molecular complexity index is 558. The van der Waals surface area contributed by atoms with Crippen LogP contribution in [0, 0.1) is 0 Å². The summed E-state index contributed by atoms with van der Waals surface area (Å²) in [6.07, 6.45) is 5.64. The van der Waals surface area contributed by atoms with E-state index < -0.39 is 0 Å². The molecule has 1 aromatic rings. The van der Waals surface area contributed by atoms with Crippen molar-refractivity contribution in [2.75, 3.05) is 25.9 Å². The Balaban J connectivity index is 1.68. The third-order valence-electron chi connectivity index (χ3n) is 4.57. The summed E-state index contributed by atoms with van der Waals surface area (Å²) in [6, 6.07) is 7.99. The van der Waals surface area contributed by atoms with Gasteiger partial charge >= 0.3 is 0 Å². The lowest BCUT2D eigenvalue weighted by atomic mass is 10.0. The highest BCUT2D eigenvalue weighted by Crippen LogP contribution is 2.23. The molecule has 0 aliphatic carbocycles. The van der Waals surface area contributed by atoms with Crippen molar-refractivity contribution < 1.29 is 9.59 Å². The molecular formula is C17H22N2O2S. The van der Waals surface area contributed by atoms with E-state index in [1.54, 1.807) is 11.8 Å². The van der Waals surface area contributed by atoms with E-state index in [2.05, 4.69) is 0 Å². The first-order valence-electron chi connectivity index (χ1n) is 7.92. The minimum atomic E-state index is 0.0870. The van der Waals surface area contributed by atoms with Crippen LogP contribution in [0.3, 0.4) is 0 Å². The number of hydrogen-bond acceptors (Lipinski definition) is 3. The predicted octanol–water partition coefficient (Wildman–Crippen LogP) is 2.64. The molecule has 4 nitrogen and oxygen atoms in total. The lowest BCUT2D eigenvalue weighted by Crippen LogP contribution is -2.50. The van der Waals surface area contributed by atoms with Crippen molar-refractivity contribution in [3.05, 3.63) is 29.8 Å². The van der Waals surface area contributed by atoms with Gasteiger partial charge in [0.25, 0.3) is 5.91 Å². The fourth-order valence-corrected chi connectivity index (χ4v) is 3.77. The molecule has 1 aromatic carbocycles. The van der Waals surface area contributed by atoms with Gasteiger partial charge in [0, 0.05) is 42.6 Å². The number of carbonyl (C=O) groups is 2. The van der Waals surface area contributed by atoms with E-state index in [4.69, 9.17) is 0 Å². The van der Waals surface area contributed by atoms with Crippen LogP contribution in [-0.4, -0.2) is 53.5 Å². The monoisotopic (exact) mass is 318 g/mol. The molecule has 2 heterocycles. The number of carbonyl (C=O) groups excluding carboxylic acids is 2. The van der Waals surface area contributed by atoms with E-state index in [0.717, 1.165) is 42.8 Å². The maximum absolute atomic E-state index is 12.7. The fourth-order valence-electron chi connectivity index (χ4n) is 3.36. The zero-order valence-electron chi connectivity index (χ0n) is 13.0. The lowest BCUT2D eigenvalue weighted by molar-refractivity contribution is -0.130. The summed E-state index contributed by atoms with van der Waals surface area (Å²) in [5, 5.41) is 0. The van der Waals surface area contributed by atoms with Crippen molar-refractivity contribution in [1.29, 1.82) is 0 Å². The van der Waals surface area contributed by atoms with E-state index in [1.807, 2.05) is 40.3 Å². The molecule has 118 valence electrons. The molecule has 0 N–H and O–H groups in total. The van der Waals surface area contributed by atoms with Gasteiger partial charge in [-0.05, 0) is 49.8 Å². The average molecular weight is 318 g/mol. The zero-order valence-corrected chi connectivity index (χ0v) is 13.8. The van der Waals surface area contributed by atoms with Crippen LogP contribution in [0.2, 0.25) is 0 Å². The molecule has 0 radical (unpaired) electrons. The second-order valence-electron chi connectivity index (χ2n) is 5.97. The zero-order chi connectivity index (χ0) is 15.5. The smallest absolute Gasteiger partial charge is 0.253 e. The van der Waals surface area contributed by atoms with Crippen molar-refractivity contribution in [3.8, 4) is 0 Å². The van der Waals surface area contributed by atoms with Crippen molar-refractivity contribution in [2.24, 2.45) is 0 Å². The van der Waals surface area contributed by atoms with Crippen LogP contribution >= 0.6 is 11.8 Å². The Hall–Kier alpha value is -1.49. The van der Waals surface area contributed by atoms with E-state index in [-0.39, 0.29) is 17.9 Å². The number of rotatable bonds is 3. The molecule has 0 saturated carbocycles. The predicted molar refractivity (Wildman–Crippen MR) is 88.1 cm³/mol. The summed E-state index contributed by atoms with van der Waals surface area (Å²) in [6.45, 7) is 2.32. The van der Waals surface area contributed by atoms with E-state index in [1.165, 1.54) is 0 Å². The van der Waals surface area contributed by atoms with Gasteiger partial charge in [-0.1, -0.05) is 0 Å². The standard InChI is InChI=1S/C17H22N2O2S/c1-22-15-8-6-13(7-9-15)17(21)18-10-2-4-14(12-18)19-11-3-5-16(19)20/h6-9,14H,2-5,10-12H2,1H3. The van der Waals surface area contributed by atoms with E-state index in [0.29, 0.717) is 13.0 Å². The molecular weight excluding hydrogens is 296 g/mol.